The van der Waals surface area contributed by atoms with Crippen LogP contribution < -0.4 is 11.1 Å². The molecule has 23 heteroatoms. The van der Waals surface area contributed by atoms with Gasteiger partial charge in [-0.25, -0.2) is 0 Å². The fourth-order valence-electron chi connectivity index (χ4n) is 6.94. The van der Waals surface area contributed by atoms with Crippen molar-refractivity contribution in [1.29, 1.82) is 0 Å². The topological polar surface area (TPSA) is 248 Å². The van der Waals surface area contributed by atoms with Gasteiger partial charge in [0.15, 0.2) is 0 Å². The summed E-state index contributed by atoms with van der Waals surface area (Å²) in [6.07, 6.45) is 2.48. The summed E-state index contributed by atoms with van der Waals surface area (Å²) in [6.45, 7) is -4.69. The van der Waals surface area contributed by atoms with Crippen molar-refractivity contribution < 1.29 is 61.8 Å². The van der Waals surface area contributed by atoms with Gasteiger partial charge >= 0.3 is 30.9 Å². The van der Waals surface area contributed by atoms with Gasteiger partial charge in [-0.15, -0.1) is 5.10 Å². The third-order valence-corrected chi connectivity index (χ3v) is 9.63. The minimum absolute atomic E-state index is 0.0774. The number of carboxylic acids is 4. The molecule has 1 unspecified atom stereocenters. The number of carbonyl (C=O) groups is 5. The van der Waals surface area contributed by atoms with Gasteiger partial charge in [0.25, 0.3) is 0 Å². The molecule has 58 heavy (non-hydrogen) atoms. The number of benzene rings is 1. The third kappa shape index (κ3) is 18.7. The van der Waals surface area contributed by atoms with Gasteiger partial charge in [0.2, 0.25) is 5.91 Å². The fourth-order valence-corrected chi connectivity index (χ4v) is 6.94. The van der Waals surface area contributed by atoms with Crippen molar-refractivity contribution in [3.63, 3.8) is 0 Å². The van der Waals surface area contributed by atoms with Crippen molar-refractivity contribution in [3.05, 3.63) is 41.7 Å². The normalized spacial score (nSPS) is 17.9. The lowest BCUT2D eigenvalue weighted by molar-refractivity contribution is -0.895. The molecule has 1 amide bonds. The molecule has 1 aromatic heterocycles. The van der Waals surface area contributed by atoms with E-state index in [2.05, 4.69) is 15.6 Å². The summed E-state index contributed by atoms with van der Waals surface area (Å²) >= 11 is 0. The molecule has 1 saturated heterocycles. The van der Waals surface area contributed by atoms with Crippen molar-refractivity contribution in [2.75, 3.05) is 97.8 Å². The highest BCUT2D eigenvalue weighted by molar-refractivity contribution is 6.58. The number of aromatic nitrogens is 3. The summed E-state index contributed by atoms with van der Waals surface area (Å²) in [5.41, 5.74) is 7.82. The predicted octanol–water partition coefficient (Wildman–Crippen LogP) is -0.151. The summed E-state index contributed by atoms with van der Waals surface area (Å²) in [4.78, 5) is 66.5. The predicted molar refractivity (Wildman–Crippen MR) is 206 cm³/mol. The first kappa shape index (κ1) is 47.7. The van der Waals surface area contributed by atoms with Crippen molar-refractivity contribution in [2.24, 2.45) is 5.73 Å². The summed E-state index contributed by atoms with van der Waals surface area (Å²) < 4.78 is 40.0. The molecule has 2 aromatic rings. The molecule has 324 valence electrons. The number of nitrogens with one attached hydrogen (secondary N) is 1. The molecule has 0 aliphatic carbocycles. The maximum absolute atomic E-state index is 12.9. The quantitative estimate of drug-likeness (QED) is 0.0544. The fraction of sp³-hybridized carbons (Fsp3) is 0.629. The van der Waals surface area contributed by atoms with Crippen molar-refractivity contribution in [1.82, 2.24) is 34.6 Å². The summed E-state index contributed by atoms with van der Waals surface area (Å²) in [5.74, 6) is -4.82. The number of quaternary nitrogens is 1. The van der Waals surface area contributed by atoms with Crippen LogP contribution >= 0.6 is 0 Å². The Balaban J connectivity index is 1.64. The van der Waals surface area contributed by atoms with E-state index < -0.39 is 61.8 Å². The van der Waals surface area contributed by atoms with Crippen LogP contribution in [0.5, 0.6) is 0 Å². The van der Waals surface area contributed by atoms with Crippen molar-refractivity contribution >= 4 is 42.4 Å². The van der Waals surface area contributed by atoms with E-state index in [1.165, 1.54) is 14.1 Å². The van der Waals surface area contributed by atoms with Crippen LogP contribution in [0.1, 0.15) is 30.5 Å². The first-order valence-electron chi connectivity index (χ1n) is 19.0. The first-order chi connectivity index (χ1) is 27.2. The Labute approximate surface area is 334 Å². The van der Waals surface area contributed by atoms with Gasteiger partial charge < -0.3 is 48.9 Å². The van der Waals surface area contributed by atoms with Crippen LogP contribution in [0.25, 0.3) is 0 Å². The zero-order valence-electron chi connectivity index (χ0n) is 33.0. The lowest BCUT2D eigenvalue weighted by atomic mass is 9.90. The number of carbonyl (C=O) groups excluding carboxylic acids is 1. The molecule has 1 aliphatic heterocycles. The van der Waals surface area contributed by atoms with Gasteiger partial charge in [-0.3, -0.25) is 48.3 Å². The van der Waals surface area contributed by atoms with Gasteiger partial charge in [0.05, 0.1) is 59.0 Å². The zero-order chi connectivity index (χ0) is 43.0. The minimum Gasteiger partial charge on any atom is -0.480 e. The standard InChI is InChI=1S/C35H56BF3N10O9/c1-49(2,25-36(37,38)39)24-28-18-48(43-42-28)10-4-3-5-30(40)35(58)41-27-8-6-26(7-9-27)17-29-19-46(22-33(54)55)14-13-44(20-31(50)51)11-12-45(21-32(52)53)15-16-47(29)23-34(56)57/h6-9,18,29-30H,3-5,10-17,19-25,40H2,1-2H3,(H,41,58)(H,50,51)(H,52,53)(H,54,55)(H,56,57)/t29?,30-/m1/s1. The molecule has 1 aliphatic rings. The Bertz CT molecular complexity index is 1670. The first-order valence-corrected chi connectivity index (χ1v) is 19.0. The molecule has 2 heterocycles. The number of rotatable bonds is 21. The molecule has 0 spiro atoms. The third-order valence-electron chi connectivity index (χ3n) is 9.63. The Morgan fingerprint density at radius 1 is 0.828 bits per heavy atom. The maximum atomic E-state index is 12.9. The van der Waals surface area contributed by atoms with Gasteiger partial charge in [-0.05, 0) is 43.4 Å². The lowest BCUT2D eigenvalue weighted by Gasteiger charge is -2.37. The molecule has 0 radical (unpaired) electrons. The number of halogens is 3. The van der Waals surface area contributed by atoms with E-state index in [0.29, 0.717) is 37.2 Å². The Kier molecular flexibility index (Phi) is 18.5. The van der Waals surface area contributed by atoms with E-state index in [4.69, 9.17) is 5.73 Å². The molecule has 1 fully saturated rings. The molecule has 7 N–H and O–H groups in total. The molecule has 2 atom stereocenters. The van der Waals surface area contributed by atoms with E-state index in [1.807, 2.05) is 0 Å². The highest BCUT2D eigenvalue weighted by Crippen LogP contribution is 2.18. The van der Waals surface area contributed by atoms with E-state index in [1.54, 1.807) is 54.7 Å². The maximum Gasteiger partial charge on any atom is 0.531 e. The van der Waals surface area contributed by atoms with Crippen LogP contribution in [0.2, 0.25) is 0 Å². The lowest BCUT2D eigenvalue weighted by Crippen LogP contribution is -2.53. The molecule has 1 aromatic carbocycles. The smallest absolute Gasteiger partial charge is 0.480 e. The molecule has 19 nitrogen and oxygen atoms in total. The van der Waals surface area contributed by atoms with Crippen LogP contribution in [0.4, 0.5) is 18.6 Å². The van der Waals surface area contributed by atoms with E-state index in [9.17, 15) is 57.3 Å². The number of carboxylic acid groups (broad SMARTS) is 4. The van der Waals surface area contributed by atoms with Crippen LogP contribution in [-0.2, 0) is 43.5 Å². The number of unbranched alkanes of at least 4 members (excludes halogenated alkanes) is 1. The molecular weight excluding hydrogens is 772 g/mol. The average molecular weight is 829 g/mol. The van der Waals surface area contributed by atoms with E-state index in [0.717, 1.165) is 5.56 Å². The van der Waals surface area contributed by atoms with E-state index >= 15 is 0 Å². The Morgan fingerprint density at radius 3 is 1.91 bits per heavy atom. The number of amides is 1. The molecule has 0 bridgehead atoms. The van der Waals surface area contributed by atoms with Gasteiger partial charge in [0.1, 0.15) is 12.2 Å². The highest BCUT2D eigenvalue weighted by atomic mass is 19.4. The van der Waals surface area contributed by atoms with Crippen LogP contribution in [-0.4, -0.2) is 201 Å². The average Bonchev–Trinajstić information content (AvgIpc) is 3.53. The summed E-state index contributed by atoms with van der Waals surface area (Å²) in [5, 5.41) is 49.2. The number of nitrogens with zero attached hydrogens (tertiary/aromatic N) is 8. The van der Waals surface area contributed by atoms with Crippen LogP contribution in [0, 0.1) is 0 Å². The molecule has 3 rings (SSSR count). The molecule has 0 saturated carbocycles. The SMILES string of the molecule is C[N+](C)(Cc1cn(CCCC[C@@H](N)C(=O)Nc2ccc(CC3CN(CC(=O)O)CCN(CC(=O)O)CCN(CC(=O)O)CCN3CC(=O)O)cc2)nn1)C[B-](F)(F)F. The number of nitrogens with two attached hydrogens (primary N) is 1. The number of hydrogen-bond acceptors (Lipinski definition) is 12. The largest absolute Gasteiger partial charge is 0.531 e. The van der Waals surface area contributed by atoms with Crippen LogP contribution in [0.15, 0.2) is 30.5 Å². The number of anilines is 1. The second-order valence-corrected chi connectivity index (χ2v) is 15.4. The van der Waals surface area contributed by atoms with Crippen molar-refractivity contribution in [2.45, 2.75) is 50.9 Å². The van der Waals surface area contributed by atoms with Gasteiger partial charge in [0, 0.05) is 64.1 Å². The minimum atomic E-state index is -4.95. The monoisotopic (exact) mass is 828 g/mol. The second kappa shape index (κ2) is 22.5. The van der Waals surface area contributed by atoms with Gasteiger partial charge in [-0.1, -0.05) is 17.3 Å². The number of aryl methyl sites for hydroxylation is 1. The van der Waals surface area contributed by atoms with Gasteiger partial charge in [-0.2, -0.15) is 0 Å². The Morgan fingerprint density at radius 2 is 1.36 bits per heavy atom. The van der Waals surface area contributed by atoms with Crippen molar-refractivity contribution in [3.8, 4) is 0 Å². The Hall–Kier alpha value is -4.68. The van der Waals surface area contributed by atoms with Crippen LogP contribution in [0.3, 0.4) is 0 Å². The summed E-state index contributed by atoms with van der Waals surface area (Å²) in [6, 6.07) is 5.46. The highest BCUT2D eigenvalue weighted by Gasteiger charge is 2.34. The zero-order valence-corrected chi connectivity index (χ0v) is 33.0. The second-order valence-electron chi connectivity index (χ2n) is 15.4. The number of aliphatic carboxylic acids is 4. The summed E-state index contributed by atoms with van der Waals surface area (Å²) in [7, 11) is 2.97. The van der Waals surface area contributed by atoms with E-state index in [-0.39, 0.29) is 82.9 Å². The number of hydrogen-bond donors (Lipinski definition) is 6. The molecular formula is C35H56BF3N10O9.